The molecule has 2 heterocycles. The Morgan fingerprint density at radius 1 is 1.48 bits per heavy atom. The summed E-state index contributed by atoms with van der Waals surface area (Å²) in [6.45, 7) is 5.85. The third-order valence-corrected chi connectivity index (χ3v) is 3.92. The molecule has 1 aliphatic rings. The smallest absolute Gasteiger partial charge is 0.254 e. The molecule has 1 saturated heterocycles. The van der Waals surface area contributed by atoms with Gasteiger partial charge in [-0.25, -0.2) is 4.98 Å². The van der Waals surface area contributed by atoms with Crippen LogP contribution in [0.5, 0.6) is 0 Å². The first-order chi connectivity index (χ1) is 9.88. The molecule has 0 aliphatic carbocycles. The third kappa shape index (κ3) is 3.73. The Kier molecular flexibility index (Phi) is 4.83. The lowest BCUT2D eigenvalue weighted by Crippen LogP contribution is -2.41. The van der Waals surface area contributed by atoms with Crippen molar-refractivity contribution >= 4 is 11.7 Å². The number of anilines is 1. The zero-order valence-corrected chi connectivity index (χ0v) is 13.5. The highest BCUT2D eigenvalue weighted by Gasteiger charge is 2.30. The Bertz CT molecular complexity index is 513. The van der Waals surface area contributed by atoms with Crippen LogP contribution >= 0.6 is 0 Å². The fourth-order valence-corrected chi connectivity index (χ4v) is 2.87. The van der Waals surface area contributed by atoms with Gasteiger partial charge in [-0.2, -0.15) is 0 Å². The summed E-state index contributed by atoms with van der Waals surface area (Å²) in [6.07, 6.45) is 2.14. The van der Waals surface area contributed by atoms with Crippen LogP contribution in [0.1, 0.15) is 48.7 Å². The van der Waals surface area contributed by atoms with Crippen molar-refractivity contribution in [1.29, 1.82) is 0 Å². The average molecular weight is 290 g/mol. The van der Waals surface area contributed by atoms with E-state index in [9.17, 15) is 4.79 Å². The monoisotopic (exact) mass is 290 g/mol. The van der Waals surface area contributed by atoms with Crippen molar-refractivity contribution in [2.24, 2.45) is 0 Å². The van der Waals surface area contributed by atoms with Crippen LogP contribution < -0.4 is 5.73 Å². The first-order valence-corrected chi connectivity index (χ1v) is 7.61. The maximum absolute atomic E-state index is 12.8. The molecule has 21 heavy (non-hydrogen) atoms. The first-order valence-electron chi connectivity index (χ1n) is 7.61. The highest BCUT2D eigenvalue weighted by atomic mass is 16.2. The number of rotatable bonds is 4. The van der Waals surface area contributed by atoms with Gasteiger partial charge in [0.1, 0.15) is 5.82 Å². The van der Waals surface area contributed by atoms with Crippen LogP contribution in [0.4, 0.5) is 5.82 Å². The fraction of sp³-hybridized carbons (Fsp3) is 0.625. The van der Waals surface area contributed by atoms with Gasteiger partial charge in [0.15, 0.2) is 0 Å². The van der Waals surface area contributed by atoms with Crippen molar-refractivity contribution in [3.05, 3.63) is 23.4 Å². The van der Waals surface area contributed by atoms with E-state index in [2.05, 4.69) is 23.7 Å². The molecule has 0 bridgehead atoms. The summed E-state index contributed by atoms with van der Waals surface area (Å²) in [5.41, 5.74) is 7.40. The molecule has 0 radical (unpaired) electrons. The molecule has 1 aliphatic heterocycles. The van der Waals surface area contributed by atoms with Gasteiger partial charge in [0.2, 0.25) is 0 Å². The Balaban J connectivity index is 2.23. The number of carbonyl (C=O) groups is 1. The number of nitrogens with two attached hydrogens (primary N) is 1. The number of likely N-dealkylation sites (N-methyl/N-ethyl adjacent to an activating group) is 1. The van der Waals surface area contributed by atoms with E-state index in [-0.39, 0.29) is 11.8 Å². The Labute approximate surface area is 127 Å². The predicted molar refractivity (Wildman–Crippen MR) is 85.4 cm³/mol. The third-order valence-electron chi connectivity index (χ3n) is 3.92. The number of nitrogens with zero attached hydrogens (tertiary/aromatic N) is 3. The zero-order valence-electron chi connectivity index (χ0n) is 13.5. The number of hydrogen-bond donors (Lipinski definition) is 1. The number of aromatic nitrogens is 1. The van der Waals surface area contributed by atoms with Crippen LogP contribution in [0, 0.1) is 0 Å². The lowest BCUT2D eigenvalue weighted by Gasteiger charge is -2.27. The van der Waals surface area contributed by atoms with Crippen LogP contribution in [-0.4, -0.2) is 53.9 Å². The maximum Gasteiger partial charge on any atom is 0.254 e. The summed E-state index contributed by atoms with van der Waals surface area (Å²) >= 11 is 0. The molecule has 0 aromatic carbocycles. The van der Waals surface area contributed by atoms with Crippen molar-refractivity contribution in [1.82, 2.24) is 14.8 Å². The Morgan fingerprint density at radius 2 is 2.19 bits per heavy atom. The summed E-state index contributed by atoms with van der Waals surface area (Å²) in [7, 11) is 4.09. The van der Waals surface area contributed by atoms with Gasteiger partial charge in [-0.15, -0.1) is 0 Å². The lowest BCUT2D eigenvalue weighted by molar-refractivity contribution is 0.0716. The van der Waals surface area contributed by atoms with E-state index in [0.717, 1.165) is 31.6 Å². The Hall–Kier alpha value is -1.62. The molecule has 2 rings (SSSR count). The number of hydrogen-bond acceptors (Lipinski definition) is 4. The second-order valence-electron chi connectivity index (χ2n) is 6.42. The van der Waals surface area contributed by atoms with E-state index in [1.165, 1.54) is 0 Å². The summed E-state index contributed by atoms with van der Waals surface area (Å²) in [4.78, 5) is 21.2. The molecule has 0 saturated carbocycles. The SMILES string of the molecule is CC(C)c1cc(C(=O)N2CCCC2CN(C)C)cc(N)n1. The van der Waals surface area contributed by atoms with Crippen LogP contribution in [0.15, 0.2) is 12.1 Å². The van der Waals surface area contributed by atoms with E-state index in [4.69, 9.17) is 5.73 Å². The molecule has 1 fully saturated rings. The van der Waals surface area contributed by atoms with E-state index < -0.39 is 0 Å². The van der Waals surface area contributed by atoms with Crippen LogP contribution in [-0.2, 0) is 0 Å². The highest BCUT2D eigenvalue weighted by molar-refractivity contribution is 5.95. The highest BCUT2D eigenvalue weighted by Crippen LogP contribution is 2.23. The van der Waals surface area contributed by atoms with Gasteiger partial charge in [-0.1, -0.05) is 13.8 Å². The summed E-state index contributed by atoms with van der Waals surface area (Å²) in [5.74, 6) is 0.763. The first kappa shape index (κ1) is 15.8. The second kappa shape index (κ2) is 6.43. The van der Waals surface area contributed by atoms with Gasteiger partial charge >= 0.3 is 0 Å². The van der Waals surface area contributed by atoms with Gasteiger partial charge in [0, 0.05) is 30.4 Å². The summed E-state index contributed by atoms with van der Waals surface area (Å²) < 4.78 is 0. The largest absolute Gasteiger partial charge is 0.384 e. The zero-order chi connectivity index (χ0) is 15.6. The standard InChI is InChI=1S/C16H26N4O/c1-11(2)14-8-12(9-15(17)18-14)16(21)20-7-5-6-13(20)10-19(3)4/h8-9,11,13H,5-7,10H2,1-4H3,(H2,17,18). The topological polar surface area (TPSA) is 62.5 Å². The summed E-state index contributed by atoms with van der Waals surface area (Å²) in [5, 5.41) is 0. The number of pyridine rings is 1. The molecule has 1 atom stereocenters. The maximum atomic E-state index is 12.8. The van der Waals surface area contributed by atoms with Gasteiger partial charge in [-0.3, -0.25) is 4.79 Å². The fourth-order valence-electron chi connectivity index (χ4n) is 2.87. The van der Waals surface area contributed by atoms with Gasteiger partial charge in [0.05, 0.1) is 0 Å². The minimum Gasteiger partial charge on any atom is -0.384 e. The molecule has 1 aromatic rings. The molecular formula is C16H26N4O. The van der Waals surface area contributed by atoms with Crippen LogP contribution in [0.25, 0.3) is 0 Å². The van der Waals surface area contributed by atoms with Gasteiger partial charge in [0.25, 0.3) is 5.91 Å². The average Bonchev–Trinajstić information content (AvgIpc) is 2.84. The molecular weight excluding hydrogens is 264 g/mol. The quantitative estimate of drug-likeness (QED) is 0.920. The van der Waals surface area contributed by atoms with Crippen molar-refractivity contribution in [3.8, 4) is 0 Å². The van der Waals surface area contributed by atoms with Crippen molar-refractivity contribution < 1.29 is 4.79 Å². The number of likely N-dealkylation sites (tertiary alicyclic amines) is 1. The minimum absolute atomic E-state index is 0.0790. The van der Waals surface area contributed by atoms with Crippen molar-refractivity contribution in [3.63, 3.8) is 0 Å². The van der Waals surface area contributed by atoms with Gasteiger partial charge in [-0.05, 0) is 45.0 Å². The normalized spacial score (nSPS) is 18.8. The van der Waals surface area contributed by atoms with E-state index in [0.29, 0.717) is 17.4 Å². The Morgan fingerprint density at radius 3 is 2.81 bits per heavy atom. The van der Waals surface area contributed by atoms with E-state index in [1.54, 1.807) is 6.07 Å². The molecule has 2 N–H and O–H groups in total. The number of nitrogen functional groups attached to an aromatic ring is 1. The molecule has 5 nitrogen and oxygen atoms in total. The van der Waals surface area contributed by atoms with E-state index >= 15 is 0 Å². The van der Waals surface area contributed by atoms with Crippen LogP contribution in [0.3, 0.4) is 0 Å². The molecule has 1 amide bonds. The molecule has 5 heteroatoms. The van der Waals surface area contributed by atoms with Crippen molar-refractivity contribution in [2.75, 3.05) is 32.9 Å². The second-order valence-corrected chi connectivity index (χ2v) is 6.42. The van der Waals surface area contributed by atoms with Crippen LogP contribution in [0.2, 0.25) is 0 Å². The number of amides is 1. The molecule has 1 unspecified atom stereocenters. The van der Waals surface area contributed by atoms with Crippen molar-refractivity contribution in [2.45, 2.75) is 38.6 Å². The number of carbonyl (C=O) groups excluding carboxylic acids is 1. The van der Waals surface area contributed by atoms with Gasteiger partial charge < -0.3 is 15.5 Å². The molecule has 1 aromatic heterocycles. The lowest BCUT2D eigenvalue weighted by atomic mass is 10.1. The molecule has 116 valence electrons. The van der Waals surface area contributed by atoms with E-state index in [1.807, 2.05) is 25.1 Å². The predicted octanol–water partition coefficient (Wildman–Crippen LogP) is 1.95. The molecule has 0 spiro atoms. The minimum atomic E-state index is 0.0790. The summed E-state index contributed by atoms with van der Waals surface area (Å²) in [6, 6.07) is 3.87.